The predicted octanol–water partition coefficient (Wildman–Crippen LogP) is 1.61. The first kappa shape index (κ1) is 12.3. The number of benzene rings is 1. The Hall–Kier alpha value is -1.82. The molecule has 6 nitrogen and oxygen atoms in total. The van der Waals surface area contributed by atoms with Gasteiger partial charge in [-0.15, -0.1) is 11.6 Å². The van der Waals surface area contributed by atoms with Crippen LogP contribution in [0.15, 0.2) is 12.1 Å². The van der Waals surface area contributed by atoms with Crippen molar-refractivity contribution in [2.24, 2.45) is 0 Å². The molecule has 0 spiro atoms. The molecule has 0 fully saturated rings. The second-order valence-corrected chi connectivity index (χ2v) is 3.19. The van der Waals surface area contributed by atoms with Gasteiger partial charge in [0.1, 0.15) is 11.4 Å². The number of rotatable bonds is 4. The number of nitro groups is 1. The van der Waals surface area contributed by atoms with Gasteiger partial charge in [-0.25, -0.2) is 0 Å². The quantitative estimate of drug-likeness (QED) is 0.285. The van der Waals surface area contributed by atoms with Gasteiger partial charge in [-0.2, -0.15) is 0 Å². The number of nitrogen functional groups attached to an aromatic ring is 1. The van der Waals surface area contributed by atoms with Crippen molar-refractivity contribution in [1.82, 2.24) is 0 Å². The van der Waals surface area contributed by atoms with E-state index in [1.54, 1.807) is 0 Å². The minimum absolute atomic E-state index is 0.0894. The van der Waals surface area contributed by atoms with Crippen LogP contribution in [0.2, 0.25) is 0 Å². The molecular formula is C9H9ClN2O4. The zero-order chi connectivity index (χ0) is 12.3. The third-order valence-electron chi connectivity index (χ3n) is 1.97. The Morgan fingerprint density at radius 3 is 2.69 bits per heavy atom. The summed E-state index contributed by atoms with van der Waals surface area (Å²) < 4.78 is 4.87. The number of carbonyl (C=O) groups is 1. The molecule has 1 aromatic carbocycles. The number of hydrogen-bond acceptors (Lipinski definition) is 5. The Kier molecular flexibility index (Phi) is 3.68. The number of carbonyl (C=O) groups excluding carboxylic acids is 1. The number of nitro benzene ring substituents is 1. The fourth-order valence-electron chi connectivity index (χ4n) is 1.20. The van der Waals surface area contributed by atoms with Gasteiger partial charge >= 0.3 is 0 Å². The van der Waals surface area contributed by atoms with Crippen LogP contribution in [0.4, 0.5) is 11.4 Å². The third kappa shape index (κ3) is 2.22. The first-order valence-electron chi connectivity index (χ1n) is 4.22. The monoisotopic (exact) mass is 244 g/mol. The zero-order valence-electron chi connectivity index (χ0n) is 8.40. The van der Waals surface area contributed by atoms with Gasteiger partial charge in [0, 0.05) is 0 Å². The van der Waals surface area contributed by atoms with Crippen molar-refractivity contribution in [3.63, 3.8) is 0 Å². The number of ether oxygens (including phenoxy) is 1. The van der Waals surface area contributed by atoms with E-state index in [-0.39, 0.29) is 28.6 Å². The third-order valence-corrected chi connectivity index (χ3v) is 2.21. The first-order chi connectivity index (χ1) is 7.51. The van der Waals surface area contributed by atoms with Crippen LogP contribution in [0.25, 0.3) is 0 Å². The minimum atomic E-state index is -0.646. The molecular weight excluding hydrogens is 236 g/mol. The van der Waals surface area contributed by atoms with Crippen LogP contribution in [-0.4, -0.2) is 23.7 Å². The van der Waals surface area contributed by atoms with Gasteiger partial charge < -0.3 is 10.5 Å². The van der Waals surface area contributed by atoms with Gasteiger partial charge in [0.05, 0.1) is 29.5 Å². The number of halogens is 1. The second-order valence-electron chi connectivity index (χ2n) is 2.93. The number of nitrogens with zero attached hydrogens (tertiary/aromatic N) is 1. The van der Waals surface area contributed by atoms with Gasteiger partial charge in [-0.05, 0) is 6.07 Å². The van der Waals surface area contributed by atoms with Gasteiger partial charge in [0.15, 0.2) is 5.78 Å². The standard InChI is InChI=1S/C9H9ClN2O4/c1-16-9-3-7(12(14)15)6(11)2-5(9)8(13)4-10/h2-3H,4,11H2,1H3. The van der Waals surface area contributed by atoms with Crippen LogP contribution in [0.1, 0.15) is 10.4 Å². The Morgan fingerprint density at radius 2 is 2.25 bits per heavy atom. The van der Waals surface area contributed by atoms with E-state index < -0.39 is 10.7 Å². The SMILES string of the molecule is COc1cc([N+](=O)[O-])c(N)cc1C(=O)CCl. The summed E-state index contributed by atoms with van der Waals surface area (Å²) in [7, 11) is 1.31. The van der Waals surface area contributed by atoms with Crippen molar-refractivity contribution in [2.45, 2.75) is 0 Å². The van der Waals surface area contributed by atoms with E-state index in [1.807, 2.05) is 0 Å². The highest BCUT2D eigenvalue weighted by Gasteiger charge is 2.20. The molecule has 2 N–H and O–H groups in total. The van der Waals surface area contributed by atoms with E-state index in [0.717, 1.165) is 6.07 Å². The van der Waals surface area contributed by atoms with E-state index in [4.69, 9.17) is 22.1 Å². The van der Waals surface area contributed by atoms with Crippen LogP contribution in [0, 0.1) is 10.1 Å². The van der Waals surface area contributed by atoms with Crippen LogP contribution in [0.3, 0.4) is 0 Å². The molecule has 16 heavy (non-hydrogen) atoms. The van der Waals surface area contributed by atoms with Gasteiger partial charge in [-0.3, -0.25) is 14.9 Å². The summed E-state index contributed by atoms with van der Waals surface area (Å²) in [5.41, 5.74) is 5.18. The lowest BCUT2D eigenvalue weighted by molar-refractivity contribution is -0.384. The number of nitrogens with two attached hydrogens (primary N) is 1. The summed E-state index contributed by atoms with van der Waals surface area (Å²) in [6.07, 6.45) is 0. The van der Waals surface area contributed by atoms with E-state index in [2.05, 4.69) is 0 Å². The molecule has 0 aliphatic heterocycles. The highest BCUT2D eigenvalue weighted by Crippen LogP contribution is 2.31. The minimum Gasteiger partial charge on any atom is -0.496 e. The van der Waals surface area contributed by atoms with Gasteiger partial charge in [0.2, 0.25) is 0 Å². The predicted molar refractivity (Wildman–Crippen MR) is 59.1 cm³/mol. The summed E-state index contributed by atoms with van der Waals surface area (Å²) in [6, 6.07) is 2.30. The molecule has 0 aliphatic carbocycles. The molecule has 0 heterocycles. The summed E-state index contributed by atoms with van der Waals surface area (Å²) in [5, 5.41) is 10.6. The van der Waals surface area contributed by atoms with E-state index in [9.17, 15) is 14.9 Å². The maximum atomic E-state index is 11.4. The van der Waals surface area contributed by atoms with E-state index >= 15 is 0 Å². The summed E-state index contributed by atoms with van der Waals surface area (Å²) in [5.74, 6) is -0.556. The smallest absolute Gasteiger partial charge is 0.295 e. The molecule has 86 valence electrons. The van der Waals surface area contributed by atoms with E-state index in [0.29, 0.717) is 0 Å². The summed E-state index contributed by atoms with van der Waals surface area (Å²) in [4.78, 5) is 21.3. The molecule has 1 rings (SSSR count). The molecule has 0 saturated heterocycles. The zero-order valence-corrected chi connectivity index (χ0v) is 9.15. The largest absolute Gasteiger partial charge is 0.496 e. The molecule has 0 atom stereocenters. The Bertz CT molecular complexity index is 447. The number of alkyl halides is 1. The summed E-state index contributed by atoms with van der Waals surface area (Å²) >= 11 is 5.39. The Morgan fingerprint density at radius 1 is 1.62 bits per heavy atom. The topological polar surface area (TPSA) is 95.5 Å². The van der Waals surface area contributed by atoms with Crippen molar-refractivity contribution in [1.29, 1.82) is 0 Å². The maximum absolute atomic E-state index is 11.4. The molecule has 7 heteroatoms. The number of hydrogen-bond donors (Lipinski definition) is 1. The highest BCUT2D eigenvalue weighted by molar-refractivity contribution is 6.31. The van der Waals surface area contributed by atoms with Crippen LogP contribution in [0.5, 0.6) is 5.75 Å². The summed E-state index contributed by atoms with van der Waals surface area (Å²) in [6.45, 7) is 0. The molecule has 0 aromatic heterocycles. The van der Waals surface area contributed by atoms with Crippen molar-refractivity contribution in [3.8, 4) is 5.75 Å². The molecule has 0 unspecified atom stereocenters. The second kappa shape index (κ2) is 4.80. The van der Waals surface area contributed by atoms with Crippen molar-refractivity contribution in [3.05, 3.63) is 27.8 Å². The molecule has 0 radical (unpaired) electrons. The first-order valence-corrected chi connectivity index (χ1v) is 4.75. The molecule has 0 saturated carbocycles. The lowest BCUT2D eigenvalue weighted by Crippen LogP contribution is -2.06. The average molecular weight is 245 g/mol. The average Bonchev–Trinajstić information content (AvgIpc) is 2.27. The van der Waals surface area contributed by atoms with Crippen LogP contribution < -0.4 is 10.5 Å². The fraction of sp³-hybridized carbons (Fsp3) is 0.222. The number of anilines is 1. The van der Waals surface area contributed by atoms with E-state index in [1.165, 1.54) is 13.2 Å². The lowest BCUT2D eigenvalue weighted by atomic mass is 10.1. The molecule has 0 amide bonds. The van der Waals surface area contributed by atoms with Crippen molar-refractivity contribution in [2.75, 3.05) is 18.7 Å². The van der Waals surface area contributed by atoms with Crippen molar-refractivity contribution >= 4 is 28.8 Å². The maximum Gasteiger partial charge on any atom is 0.295 e. The Balaban J connectivity index is 3.37. The van der Waals surface area contributed by atoms with Crippen LogP contribution >= 0.6 is 11.6 Å². The van der Waals surface area contributed by atoms with Gasteiger partial charge in [0.25, 0.3) is 5.69 Å². The normalized spacial score (nSPS) is 9.88. The molecule has 0 bridgehead atoms. The fourth-order valence-corrected chi connectivity index (χ4v) is 1.35. The number of Topliss-reactive ketones (excluding diaryl/α,β-unsaturated/α-hetero) is 1. The lowest BCUT2D eigenvalue weighted by Gasteiger charge is -2.07. The van der Waals surface area contributed by atoms with Crippen molar-refractivity contribution < 1.29 is 14.5 Å². The van der Waals surface area contributed by atoms with Crippen LogP contribution in [-0.2, 0) is 0 Å². The van der Waals surface area contributed by atoms with Gasteiger partial charge in [-0.1, -0.05) is 0 Å². The molecule has 0 aliphatic rings. The number of ketones is 1. The number of methoxy groups -OCH3 is 1. The Labute approximate surface area is 96.1 Å². The highest BCUT2D eigenvalue weighted by atomic mass is 35.5. The molecule has 1 aromatic rings.